The Morgan fingerprint density at radius 2 is 2.36 bits per heavy atom. The van der Waals surface area contributed by atoms with Gasteiger partial charge in [-0.05, 0) is 18.6 Å². The number of aryl methyl sites for hydroxylation is 1. The zero-order chi connectivity index (χ0) is 7.84. The molecule has 0 unspecified atom stereocenters. The van der Waals surface area contributed by atoms with E-state index in [9.17, 15) is 0 Å². The molecule has 0 radical (unpaired) electrons. The lowest BCUT2D eigenvalue weighted by atomic mass is 10.2. The topological polar surface area (TPSA) is 26.0 Å². The van der Waals surface area contributed by atoms with Gasteiger partial charge in [0.05, 0.1) is 10.3 Å². The van der Waals surface area contributed by atoms with Crippen molar-refractivity contribution in [2.75, 3.05) is 0 Å². The summed E-state index contributed by atoms with van der Waals surface area (Å²) in [5, 5.41) is 1.01. The van der Waals surface area contributed by atoms with Crippen LogP contribution in [0.3, 0.4) is 0 Å². The molecule has 0 atom stereocenters. The number of hydrogen-bond donors (Lipinski definition) is 1. The van der Waals surface area contributed by atoms with Crippen molar-refractivity contribution in [1.82, 2.24) is 4.98 Å². The second-order valence-corrected chi connectivity index (χ2v) is 2.91. The molecule has 0 aromatic carbocycles. The first kappa shape index (κ1) is 6.73. The van der Waals surface area contributed by atoms with E-state index in [4.69, 9.17) is 4.42 Å². The molecule has 0 amide bonds. The van der Waals surface area contributed by atoms with E-state index < -0.39 is 0 Å². The van der Waals surface area contributed by atoms with E-state index in [0.717, 1.165) is 15.8 Å². The standard InChI is InChI=1S/C8H7NOS/c1-5-2-3-9-8-7(5)6(11)4-10-8/h2-4,11H,1H3. The SMILES string of the molecule is Cc1ccnc2occ(S)c12. The van der Waals surface area contributed by atoms with Gasteiger partial charge in [0.15, 0.2) is 0 Å². The molecule has 0 fully saturated rings. The number of pyridine rings is 1. The molecule has 2 heterocycles. The van der Waals surface area contributed by atoms with Crippen LogP contribution in [0.5, 0.6) is 0 Å². The van der Waals surface area contributed by atoms with Crippen molar-refractivity contribution in [1.29, 1.82) is 0 Å². The molecular formula is C8H7NOS. The molecule has 0 aliphatic carbocycles. The average molecular weight is 165 g/mol. The molecule has 0 aliphatic heterocycles. The van der Waals surface area contributed by atoms with Gasteiger partial charge in [-0.25, -0.2) is 4.98 Å². The summed E-state index contributed by atoms with van der Waals surface area (Å²) >= 11 is 4.24. The highest BCUT2D eigenvalue weighted by Crippen LogP contribution is 2.24. The van der Waals surface area contributed by atoms with Gasteiger partial charge in [0.25, 0.3) is 0 Å². The highest BCUT2D eigenvalue weighted by molar-refractivity contribution is 7.80. The molecular weight excluding hydrogens is 158 g/mol. The smallest absolute Gasteiger partial charge is 0.227 e. The highest BCUT2D eigenvalue weighted by atomic mass is 32.1. The molecule has 0 saturated heterocycles. The van der Waals surface area contributed by atoms with Gasteiger partial charge in [-0.1, -0.05) is 0 Å². The molecule has 2 aromatic rings. The first-order chi connectivity index (χ1) is 5.29. The Bertz CT molecular complexity index is 394. The predicted octanol–water partition coefficient (Wildman–Crippen LogP) is 2.42. The van der Waals surface area contributed by atoms with Crippen molar-refractivity contribution in [3.63, 3.8) is 0 Å². The van der Waals surface area contributed by atoms with E-state index in [-0.39, 0.29) is 0 Å². The Balaban J connectivity index is 2.96. The van der Waals surface area contributed by atoms with Gasteiger partial charge < -0.3 is 4.42 Å². The van der Waals surface area contributed by atoms with Crippen LogP contribution in [0, 0.1) is 6.92 Å². The quantitative estimate of drug-likeness (QED) is 0.607. The summed E-state index contributed by atoms with van der Waals surface area (Å²) in [5.74, 6) is 0. The molecule has 3 heteroatoms. The van der Waals surface area contributed by atoms with Crippen LogP contribution in [0.15, 0.2) is 27.8 Å². The fourth-order valence-corrected chi connectivity index (χ4v) is 1.43. The lowest BCUT2D eigenvalue weighted by molar-refractivity contribution is 0.596. The van der Waals surface area contributed by atoms with Crippen LogP contribution >= 0.6 is 12.6 Å². The maximum absolute atomic E-state index is 5.14. The Labute approximate surface area is 69.6 Å². The predicted molar refractivity (Wildman–Crippen MR) is 46.0 cm³/mol. The van der Waals surface area contributed by atoms with E-state index in [2.05, 4.69) is 17.6 Å². The van der Waals surface area contributed by atoms with Crippen molar-refractivity contribution in [3.8, 4) is 0 Å². The molecule has 0 bridgehead atoms. The summed E-state index contributed by atoms with van der Waals surface area (Å²) < 4.78 is 5.14. The molecule has 0 aliphatic rings. The minimum absolute atomic E-state index is 0.662. The van der Waals surface area contributed by atoms with Gasteiger partial charge in [0, 0.05) is 6.20 Å². The number of fused-ring (bicyclic) bond motifs is 1. The maximum atomic E-state index is 5.14. The third-order valence-corrected chi connectivity index (χ3v) is 1.99. The summed E-state index contributed by atoms with van der Waals surface area (Å²) in [6.45, 7) is 2.01. The number of thiol groups is 1. The number of nitrogens with zero attached hydrogens (tertiary/aromatic N) is 1. The van der Waals surface area contributed by atoms with Crippen molar-refractivity contribution in [2.24, 2.45) is 0 Å². The van der Waals surface area contributed by atoms with E-state index in [1.807, 2.05) is 13.0 Å². The monoisotopic (exact) mass is 165 g/mol. The molecule has 2 nitrogen and oxygen atoms in total. The summed E-state index contributed by atoms with van der Waals surface area (Å²) in [6, 6.07) is 1.94. The van der Waals surface area contributed by atoms with Crippen LogP contribution in [-0.2, 0) is 0 Å². The lowest BCUT2D eigenvalue weighted by Crippen LogP contribution is -1.76. The van der Waals surface area contributed by atoms with Crippen molar-refractivity contribution in [3.05, 3.63) is 24.1 Å². The normalized spacial score (nSPS) is 10.7. The Morgan fingerprint density at radius 3 is 3.09 bits per heavy atom. The molecule has 0 saturated carbocycles. The first-order valence-electron chi connectivity index (χ1n) is 3.31. The molecule has 0 spiro atoms. The number of furan rings is 1. The first-order valence-corrected chi connectivity index (χ1v) is 3.75. The summed E-state index contributed by atoms with van der Waals surface area (Å²) in [4.78, 5) is 4.90. The van der Waals surface area contributed by atoms with Crippen LogP contribution in [-0.4, -0.2) is 4.98 Å². The van der Waals surface area contributed by atoms with Crippen LogP contribution in [0.4, 0.5) is 0 Å². The van der Waals surface area contributed by atoms with E-state index in [1.165, 1.54) is 0 Å². The average Bonchev–Trinajstić information content (AvgIpc) is 2.34. The Hall–Kier alpha value is -0.960. The highest BCUT2D eigenvalue weighted by Gasteiger charge is 2.04. The third-order valence-electron chi connectivity index (χ3n) is 1.66. The second kappa shape index (κ2) is 2.27. The Morgan fingerprint density at radius 1 is 1.55 bits per heavy atom. The Kier molecular flexibility index (Phi) is 1.39. The summed E-state index contributed by atoms with van der Waals surface area (Å²) in [6.07, 6.45) is 3.34. The van der Waals surface area contributed by atoms with Crippen molar-refractivity contribution in [2.45, 2.75) is 11.8 Å². The lowest BCUT2D eigenvalue weighted by Gasteiger charge is -1.92. The van der Waals surface area contributed by atoms with E-state index >= 15 is 0 Å². The van der Waals surface area contributed by atoms with Gasteiger partial charge in [-0.15, -0.1) is 12.6 Å². The fraction of sp³-hybridized carbons (Fsp3) is 0.125. The van der Waals surface area contributed by atoms with Gasteiger partial charge in [0.1, 0.15) is 6.26 Å². The van der Waals surface area contributed by atoms with Gasteiger partial charge in [0.2, 0.25) is 5.71 Å². The van der Waals surface area contributed by atoms with Gasteiger partial charge >= 0.3 is 0 Å². The molecule has 2 rings (SSSR count). The second-order valence-electron chi connectivity index (χ2n) is 2.43. The number of rotatable bonds is 0. The molecule has 56 valence electrons. The van der Waals surface area contributed by atoms with E-state index in [0.29, 0.717) is 5.71 Å². The van der Waals surface area contributed by atoms with Gasteiger partial charge in [-0.3, -0.25) is 0 Å². The molecule has 11 heavy (non-hydrogen) atoms. The largest absolute Gasteiger partial charge is 0.445 e. The van der Waals surface area contributed by atoms with Crippen LogP contribution in [0.25, 0.3) is 11.1 Å². The van der Waals surface area contributed by atoms with Crippen LogP contribution < -0.4 is 0 Å². The molecule has 2 aromatic heterocycles. The van der Waals surface area contributed by atoms with Crippen molar-refractivity contribution >= 4 is 23.7 Å². The molecule has 0 N–H and O–H groups in total. The zero-order valence-corrected chi connectivity index (χ0v) is 6.93. The minimum atomic E-state index is 0.662. The fourth-order valence-electron chi connectivity index (χ4n) is 1.10. The minimum Gasteiger partial charge on any atom is -0.445 e. The summed E-state index contributed by atoms with van der Waals surface area (Å²) in [7, 11) is 0. The number of aromatic nitrogens is 1. The maximum Gasteiger partial charge on any atom is 0.227 e. The zero-order valence-electron chi connectivity index (χ0n) is 6.03. The third kappa shape index (κ3) is 0.922. The summed E-state index contributed by atoms with van der Waals surface area (Å²) in [5.41, 5.74) is 1.81. The van der Waals surface area contributed by atoms with E-state index in [1.54, 1.807) is 12.5 Å². The number of hydrogen-bond acceptors (Lipinski definition) is 3. The van der Waals surface area contributed by atoms with Gasteiger partial charge in [-0.2, -0.15) is 0 Å². The van der Waals surface area contributed by atoms with Crippen molar-refractivity contribution < 1.29 is 4.42 Å². The van der Waals surface area contributed by atoms with Crippen LogP contribution in [0.1, 0.15) is 5.56 Å². The van der Waals surface area contributed by atoms with Crippen LogP contribution in [0.2, 0.25) is 0 Å².